The third-order valence-electron chi connectivity index (χ3n) is 3.88. The average molecular weight is 331 g/mol. The predicted octanol–water partition coefficient (Wildman–Crippen LogP) is 1.16. The van der Waals surface area contributed by atoms with E-state index in [4.69, 9.17) is 0 Å². The van der Waals surface area contributed by atoms with Crippen LogP contribution < -0.4 is 16.0 Å². The number of aliphatic imine (C=N–C) groups is 1. The Morgan fingerprint density at radius 2 is 2.12 bits per heavy atom. The highest BCUT2D eigenvalue weighted by molar-refractivity contribution is 6.01. The number of guanidine groups is 1. The molecule has 3 amide bonds. The van der Waals surface area contributed by atoms with E-state index in [1.807, 2.05) is 19.1 Å². The number of imide groups is 1. The fourth-order valence-corrected chi connectivity index (χ4v) is 2.62. The molecule has 130 valence electrons. The largest absolute Gasteiger partial charge is 0.357 e. The van der Waals surface area contributed by atoms with Crippen LogP contribution in [0.15, 0.2) is 29.3 Å². The van der Waals surface area contributed by atoms with Crippen LogP contribution >= 0.6 is 0 Å². The van der Waals surface area contributed by atoms with E-state index in [2.05, 4.69) is 46.9 Å². The lowest BCUT2D eigenvalue weighted by Gasteiger charge is -2.20. The highest BCUT2D eigenvalue weighted by Gasteiger charge is 2.27. The first kappa shape index (κ1) is 17.8. The van der Waals surface area contributed by atoms with E-state index in [-0.39, 0.29) is 31.1 Å². The van der Waals surface area contributed by atoms with Crippen LogP contribution in [0.25, 0.3) is 0 Å². The molecule has 24 heavy (non-hydrogen) atoms. The van der Waals surface area contributed by atoms with Gasteiger partial charge < -0.3 is 16.0 Å². The average Bonchev–Trinajstić information content (AvgIpc) is 2.87. The molecule has 1 saturated heterocycles. The Morgan fingerprint density at radius 1 is 1.38 bits per heavy atom. The normalized spacial score (nSPS) is 16.1. The van der Waals surface area contributed by atoms with Crippen LogP contribution in [0.1, 0.15) is 31.0 Å². The lowest BCUT2D eigenvalue weighted by atomic mass is 10.0. The van der Waals surface area contributed by atoms with Crippen LogP contribution in [0.4, 0.5) is 4.79 Å². The maximum Gasteiger partial charge on any atom is 0.324 e. The van der Waals surface area contributed by atoms with Crippen molar-refractivity contribution in [2.24, 2.45) is 4.99 Å². The summed E-state index contributed by atoms with van der Waals surface area (Å²) in [5.41, 5.74) is 2.42. The Morgan fingerprint density at radius 3 is 2.75 bits per heavy atom. The molecule has 0 saturated carbocycles. The summed E-state index contributed by atoms with van der Waals surface area (Å²) in [5.74, 6) is 0.460. The zero-order chi connectivity index (χ0) is 17.5. The lowest BCUT2D eigenvalue weighted by molar-refractivity contribution is -0.124. The van der Waals surface area contributed by atoms with Crippen LogP contribution in [0.2, 0.25) is 0 Å². The van der Waals surface area contributed by atoms with E-state index < -0.39 is 0 Å². The summed E-state index contributed by atoms with van der Waals surface area (Å²) in [6.07, 6.45) is 0. The molecule has 1 fully saturated rings. The van der Waals surface area contributed by atoms with Crippen molar-refractivity contribution >= 4 is 17.9 Å². The highest BCUT2D eigenvalue weighted by atomic mass is 16.2. The molecule has 1 aromatic rings. The Balaban J connectivity index is 1.96. The van der Waals surface area contributed by atoms with Gasteiger partial charge in [0.2, 0.25) is 5.91 Å². The van der Waals surface area contributed by atoms with Crippen LogP contribution in [0.5, 0.6) is 0 Å². The quantitative estimate of drug-likeness (QED) is 0.415. The standard InChI is InChI=1S/C17H25N5O2/c1-4-18-16(19-9-10-22-15(23)11-20-17(22)24)21-13(3)14-8-6-5-7-12(14)2/h5-8,13H,4,9-11H2,1-3H3,(H,20,24)(H2,18,19,21). The van der Waals surface area contributed by atoms with Crippen LogP contribution in [0, 0.1) is 6.92 Å². The van der Waals surface area contributed by atoms with Gasteiger partial charge in [0.05, 0.1) is 25.7 Å². The zero-order valence-corrected chi connectivity index (χ0v) is 14.4. The molecule has 0 aromatic heterocycles. The van der Waals surface area contributed by atoms with Gasteiger partial charge in [0.15, 0.2) is 5.96 Å². The molecular weight excluding hydrogens is 306 g/mol. The molecule has 1 aliphatic rings. The van der Waals surface area contributed by atoms with Crippen molar-refractivity contribution in [2.75, 3.05) is 26.2 Å². The first-order valence-corrected chi connectivity index (χ1v) is 8.21. The molecule has 2 rings (SSSR count). The van der Waals surface area contributed by atoms with Gasteiger partial charge in [-0.15, -0.1) is 0 Å². The second-order valence-corrected chi connectivity index (χ2v) is 5.69. The molecule has 3 N–H and O–H groups in total. The van der Waals surface area contributed by atoms with Gasteiger partial charge in [0.25, 0.3) is 0 Å². The third kappa shape index (κ3) is 4.47. The fraction of sp³-hybridized carbons (Fsp3) is 0.471. The van der Waals surface area contributed by atoms with E-state index in [1.165, 1.54) is 16.0 Å². The highest BCUT2D eigenvalue weighted by Crippen LogP contribution is 2.16. The molecule has 1 atom stereocenters. The zero-order valence-electron chi connectivity index (χ0n) is 14.4. The smallest absolute Gasteiger partial charge is 0.324 e. The summed E-state index contributed by atoms with van der Waals surface area (Å²) in [4.78, 5) is 28.7. The molecule has 0 aliphatic carbocycles. The first-order chi connectivity index (χ1) is 11.5. The summed E-state index contributed by atoms with van der Waals surface area (Å²) in [7, 11) is 0. The topological polar surface area (TPSA) is 85.8 Å². The van der Waals surface area contributed by atoms with Gasteiger partial charge in [-0.1, -0.05) is 24.3 Å². The molecule has 7 heteroatoms. The molecule has 1 aromatic carbocycles. The van der Waals surface area contributed by atoms with Crippen molar-refractivity contribution < 1.29 is 9.59 Å². The van der Waals surface area contributed by atoms with E-state index >= 15 is 0 Å². The van der Waals surface area contributed by atoms with E-state index in [9.17, 15) is 9.59 Å². The molecule has 1 aliphatic heterocycles. The summed E-state index contributed by atoms with van der Waals surface area (Å²) in [6.45, 7) is 7.59. The Hall–Kier alpha value is -2.57. The fourth-order valence-electron chi connectivity index (χ4n) is 2.62. The van der Waals surface area contributed by atoms with E-state index in [0.717, 1.165) is 6.54 Å². The van der Waals surface area contributed by atoms with Gasteiger partial charge in [0.1, 0.15) is 0 Å². The maximum atomic E-state index is 11.5. The van der Waals surface area contributed by atoms with Crippen molar-refractivity contribution in [1.82, 2.24) is 20.9 Å². The Labute approximate surface area is 142 Å². The van der Waals surface area contributed by atoms with Crippen LogP contribution in [-0.2, 0) is 4.79 Å². The molecule has 7 nitrogen and oxygen atoms in total. The van der Waals surface area contributed by atoms with Gasteiger partial charge in [-0.3, -0.25) is 14.7 Å². The van der Waals surface area contributed by atoms with E-state index in [1.54, 1.807) is 0 Å². The Bertz CT molecular complexity index is 613. The molecule has 1 unspecified atom stereocenters. The van der Waals surface area contributed by atoms with Gasteiger partial charge >= 0.3 is 6.03 Å². The summed E-state index contributed by atoms with van der Waals surface area (Å²) in [6, 6.07) is 7.95. The molecule has 0 radical (unpaired) electrons. The number of carbonyl (C=O) groups excluding carboxylic acids is 2. The minimum absolute atomic E-state index is 0.0746. The first-order valence-electron chi connectivity index (χ1n) is 8.21. The number of aryl methyl sites for hydroxylation is 1. The second-order valence-electron chi connectivity index (χ2n) is 5.69. The van der Waals surface area contributed by atoms with Crippen LogP contribution in [-0.4, -0.2) is 49.0 Å². The van der Waals surface area contributed by atoms with Gasteiger partial charge in [-0.2, -0.15) is 0 Å². The number of rotatable bonds is 6. The predicted molar refractivity (Wildman–Crippen MR) is 93.8 cm³/mol. The summed E-state index contributed by atoms with van der Waals surface area (Å²) >= 11 is 0. The van der Waals surface area contributed by atoms with Crippen molar-refractivity contribution in [1.29, 1.82) is 0 Å². The minimum Gasteiger partial charge on any atom is -0.357 e. The summed E-state index contributed by atoms with van der Waals surface area (Å²) < 4.78 is 0. The lowest BCUT2D eigenvalue weighted by Crippen LogP contribution is -2.40. The van der Waals surface area contributed by atoms with Crippen LogP contribution in [0.3, 0.4) is 0 Å². The van der Waals surface area contributed by atoms with Crippen molar-refractivity contribution in [3.8, 4) is 0 Å². The molecule has 0 spiro atoms. The number of carbonyl (C=O) groups is 2. The molecular formula is C17H25N5O2. The minimum atomic E-state index is -0.346. The van der Waals surface area contributed by atoms with Gasteiger partial charge in [-0.25, -0.2) is 4.79 Å². The van der Waals surface area contributed by atoms with Crippen molar-refractivity contribution in [3.63, 3.8) is 0 Å². The Kier molecular flexibility index (Phi) is 6.17. The van der Waals surface area contributed by atoms with Gasteiger partial charge in [-0.05, 0) is 31.9 Å². The number of hydrogen-bond donors (Lipinski definition) is 3. The maximum absolute atomic E-state index is 11.5. The van der Waals surface area contributed by atoms with Crippen molar-refractivity contribution in [3.05, 3.63) is 35.4 Å². The van der Waals surface area contributed by atoms with E-state index in [0.29, 0.717) is 12.5 Å². The summed E-state index contributed by atoms with van der Waals surface area (Å²) in [5, 5.41) is 9.04. The number of nitrogens with zero attached hydrogens (tertiary/aromatic N) is 2. The number of hydrogen-bond acceptors (Lipinski definition) is 3. The number of benzene rings is 1. The number of urea groups is 1. The number of amides is 3. The van der Waals surface area contributed by atoms with Gasteiger partial charge in [0, 0.05) is 6.54 Å². The number of nitrogens with one attached hydrogen (secondary N) is 3. The SMILES string of the molecule is CCNC(=NCCN1C(=O)CNC1=O)NC(C)c1ccccc1C. The second kappa shape index (κ2) is 8.33. The van der Waals surface area contributed by atoms with Crippen molar-refractivity contribution in [2.45, 2.75) is 26.8 Å². The third-order valence-corrected chi connectivity index (χ3v) is 3.88. The molecule has 1 heterocycles. The monoisotopic (exact) mass is 331 g/mol. The molecule has 0 bridgehead atoms.